The highest BCUT2D eigenvalue weighted by Gasteiger charge is 1.88. The molecule has 0 aromatic rings. The quantitative estimate of drug-likeness (QED) is 0.401. The van der Waals surface area contributed by atoms with Crippen LogP contribution in [0.3, 0.4) is 0 Å². The molecule has 0 heteroatoms. The lowest BCUT2D eigenvalue weighted by atomic mass is 10.2. The standard InChI is InChI=1S/C7H12.C5H8/c1-2-4-6-7-5-3-1;1-3-5-4-2/h1-2H,3-7H2;3-5H,1H2,2H3. The third kappa shape index (κ3) is 9.22. The molecule has 1 rings (SSSR count). The van der Waals surface area contributed by atoms with E-state index in [-0.39, 0.29) is 0 Å². The Morgan fingerprint density at radius 1 is 1.08 bits per heavy atom. The van der Waals surface area contributed by atoms with Gasteiger partial charge < -0.3 is 0 Å². The normalized spacial score (nSPS) is 16.4. The van der Waals surface area contributed by atoms with E-state index in [1.54, 1.807) is 6.08 Å². The molecule has 0 unspecified atom stereocenters. The van der Waals surface area contributed by atoms with Gasteiger partial charge in [-0.15, -0.1) is 0 Å². The number of allylic oxidation sites excluding steroid dienone is 5. The first-order chi connectivity index (χ1) is 5.91. The molecule has 68 valence electrons. The van der Waals surface area contributed by atoms with Crippen molar-refractivity contribution in [2.75, 3.05) is 0 Å². The summed E-state index contributed by atoms with van der Waals surface area (Å²) in [7, 11) is 0. The maximum Gasteiger partial charge on any atom is -0.0351 e. The minimum absolute atomic E-state index is 1.32. The molecular weight excluding hydrogens is 144 g/mol. The fraction of sp³-hybridized carbons (Fsp3) is 0.500. The topological polar surface area (TPSA) is 0 Å². The van der Waals surface area contributed by atoms with Crippen LogP contribution in [0, 0.1) is 0 Å². The van der Waals surface area contributed by atoms with Crippen LogP contribution in [-0.4, -0.2) is 0 Å². The molecule has 0 saturated carbocycles. The summed E-state index contributed by atoms with van der Waals surface area (Å²) in [5, 5.41) is 0. The van der Waals surface area contributed by atoms with Crippen LogP contribution < -0.4 is 0 Å². The number of rotatable bonds is 1. The predicted octanol–water partition coefficient (Wildman–Crippen LogP) is 4.26. The van der Waals surface area contributed by atoms with Crippen LogP contribution in [0.15, 0.2) is 37.0 Å². The van der Waals surface area contributed by atoms with Gasteiger partial charge in [-0.2, -0.15) is 0 Å². The fourth-order valence-electron chi connectivity index (χ4n) is 1.07. The summed E-state index contributed by atoms with van der Waals surface area (Å²) in [6, 6.07) is 0. The second-order valence-corrected chi connectivity index (χ2v) is 2.87. The van der Waals surface area contributed by atoms with E-state index in [0.29, 0.717) is 0 Å². The highest BCUT2D eigenvalue weighted by Crippen LogP contribution is 2.08. The molecule has 0 radical (unpaired) electrons. The van der Waals surface area contributed by atoms with Crippen LogP contribution in [-0.2, 0) is 0 Å². The number of hydrogen-bond donors (Lipinski definition) is 0. The number of hydrogen-bond acceptors (Lipinski definition) is 0. The molecule has 1 aliphatic carbocycles. The molecule has 0 atom stereocenters. The Labute approximate surface area is 76.7 Å². The monoisotopic (exact) mass is 164 g/mol. The van der Waals surface area contributed by atoms with Crippen LogP contribution in [0.1, 0.15) is 39.0 Å². The minimum atomic E-state index is 1.32. The van der Waals surface area contributed by atoms with E-state index >= 15 is 0 Å². The van der Waals surface area contributed by atoms with Crippen LogP contribution in [0.5, 0.6) is 0 Å². The van der Waals surface area contributed by atoms with Gasteiger partial charge in [0, 0.05) is 0 Å². The minimum Gasteiger partial charge on any atom is -0.0991 e. The third-order valence-electron chi connectivity index (χ3n) is 1.74. The van der Waals surface area contributed by atoms with E-state index < -0.39 is 0 Å². The molecule has 0 aromatic heterocycles. The molecule has 0 aliphatic heterocycles. The molecule has 12 heavy (non-hydrogen) atoms. The molecule has 0 amide bonds. The Hall–Kier alpha value is -0.780. The molecule has 0 fully saturated rings. The first-order valence-electron chi connectivity index (χ1n) is 4.80. The van der Waals surface area contributed by atoms with E-state index in [2.05, 4.69) is 18.7 Å². The Morgan fingerprint density at radius 3 is 2.00 bits per heavy atom. The van der Waals surface area contributed by atoms with Crippen molar-refractivity contribution in [3.05, 3.63) is 37.0 Å². The maximum absolute atomic E-state index is 3.46. The SMILES string of the molecule is C1=CCCCCC1.C=CC=CC. The molecule has 1 aliphatic rings. The summed E-state index contributed by atoms with van der Waals surface area (Å²) < 4.78 is 0. The fourth-order valence-corrected chi connectivity index (χ4v) is 1.07. The van der Waals surface area contributed by atoms with Crippen LogP contribution in [0.25, 0.3) is 0 Å². The molecule has 0 heterocycles. The van der Waals surface area contributed by atoms with Gasteiger partial charge in [-0.05, 0) is 32.6 Å². The van der Waals surface area contributed by atoms with Crippen molar-refractivity contribution in [2.45, 2.75) is 39.0 Å². The summed E-state index contributed by atoms with van der Waals surface area (Å²) in [6.07, 6.45) is 17.1. The lowest BCUT2D eigenvalue weighted by Crippen LogP contribution is -1.67. The van der Waals surface area contributed by atoms with Crippen LogP contribution >= 0.6 is 0 Å². The van der Waals surface area contributed by atoms with Gasteiger partial charge in [0.25, 0.3) is 0 Å². The summed E-state index contributed by atoms with van der Waals surface area (Å²) in [5.41, 5.74) is 0. The highest BCUT2D eigenvalue weighted by atomic mass is 13.9. The molecule has 0 N–H and O–H groups in total. The zero-order valence-corrected chi connectivity index (χ0v) is 8.13. The zero-order valence-electron chi connectivity index (χ0n) is 8.13. The van der Waals surface area contributed by atoms with Gasteiger partial charge in [-0.1, -0.05) is 43.4 Å². The van der Waals surface area contributed by atoms with Gasteiger partial charge in [-0.25, -0.2) is 0 Å². The highest BCUT2D eigenvalue weighted by molar-refractivity contribution is 4.94. The van der Waals surface area contributed by atoms with Crippen molar-refractivity contribution in [1.82, 2.24) is 0 Å². The van der Waals surface area contributed by atoms with Crippen molar-refractivity contribution in [3.63, 3.8) is 0 Å². The summed E-state index contributed by atoms with van der Waals surface area (Å²) in [6.45, 7) is 5.42. The molecule has 0 nitrogen and oxygen atoms in total. The van der Waals surface area contributed by atoms with E-state index in [1.165, 1.54) is 32.1 Å². The summed E-state index contributed by atoms with van der Waals surface area (Å²) >= 11 is 0. The van der Waals surface area contributed by atoms with Gasteiger partial charge in [0.2, 0.25) is 0 Å². The second kappa shape index (κ2) is 10.2. The van der Waals surface area contributed by atoms with E-state index in [4.69, 9.17) is 0 Å². The average Bonchev–Trinajstić information content (AvgIpc) is 2.37. The Balaban J connectivity index is 0.000000217. The van der Waals surface area contributed by atoms with Crippen molar-refractivity contribution < 1.29 is 0 Å². The molecule has 0 aromatic carbocycles. The van der Waals surface area contributed by atoms with E-state index in [0.717, 1.165) is 0 Å². The van der Waals surface area contributed by atoms with E-state index in [9.17, 15) is 0 Å². The predicted molar refractivity (Wildman–Crippen MR) is 57.2 cm³/mol. The van der Waals surface area contributed by atoms with Gasteiger partial charge in [0.1, 0.15) is 0 Å². The smallest absolute Gasteiger partial charge is 0.0351 e. The Kier molecular flexibility index (Phi) is 9.56. The zero-order chi connectivity index (χ0) is 9.07. The van der Waals surface area contributed by atoms with Gasteiger partial charge in [-0.3, -0.25) is 0 Å². The van der Waals surface area contributed by atoms with Crippen molar-refractivity contribution in [3.8, 4) is 0 Å². The average molecular weight is 164 g/mol. The molecule has 0 spiro atoms. The molecule has 0 bridgehead atoms. The van der Waals surface area contributed by atoms with Crippen molar-refractivity contribution >= 4 is 0 Å². The van der Waals surface area contributed by atoms with E-state index in [1.807, 2.05) is 19.1 Å². The van der Waals surface area contributed by atoms with Gasteiger partial charge in [0.15, 0.2) is 0 Å². The van der Waals surface area contributed by atoms with Crippen LogP contribution in [0.4, 0.5) is 0 Å². The largest absolute Gasteiger partial charge is 0.0991 e. The second-order valence-electron chi connectivity index (χ2n) is 2.87. The molecule has 0 saturated heterocycles. The lowest BCUT2D eigenvalue weighted by molar-refractivity contribution is 0.718. The first-order valence-corrected chi connectivity index (χ1v) is 4.80. The first kappa shape index (κ1) is 11.2. The maximum atomic E-state index is 3.46. The van der Waals surface area contributed by atoms with Crippen LogP contribution in [0.2, 0.25) is 0 Å². The Morgan fingerprint density at radius 2 is 1.67 bits per heavy atom. The summed E-state index contributed by atoms with van der Waals surface area (Å²) in [4.78, 5) is 0. The van der Waals surface area contributed by atoms with Crippen molar-refractivity contribution in [2.24, 2.45) is 0 Å². The van der Waals surface area contributed by atoms with Gasteiger partial charge >= 0.3 is 0 Å². The lowest BCUT2D eigenvalue weighted by Gasteiger charge is -1.86. The van der Waals surface area contributed by atoms with Crippen molar-refractivity contribution in [1.29, 1.82) is 0 Å². The van der Waals surface area contributed by atoms with Gasteiger partial charge in [0.05, 0.1) is 0 Å². The Bertz CT molecular complexity index is 132. The molecular formula is C12H20. The summed E-state index contributed by atoms with van der Waals surface area (Å²) in [5.74, 6) is 0. The third-order valence-corrected chi connectivity index (χ3v) is 1.74.